The molecular formula is C29H30ClF2N7O5. The van der Waals surface area contributed by atoms with Crippen molar-refractivity contribution in [2.75, 3.05) is 38.1 Å². The number of piperidine rings is 1. The van der Waals surface area contributed by atoms with E-state index in [0.717, 1.165) is 0 Å². The first-order valence-electron chi connectivity index (χ1n) is 13.6. The van der Waals surface area contributed by atoms with E-state index < -0.39 is 36.0 Å². The van der Waals surface area contributed by atoms with Crippen molar-refractivity contribution in [2.24, 2.45) is 18.7 Å². The zero-order valence-electron chi connectivity index (χ0n) is 23.6. The molecule has 12 nitrogen and oxygen atoms in total. The molecule has 1 aliphatic rings. The van der Waals surface area contributed by atoms with Gasteiger partial charge in [-0.3, -0.25) is 14.4 Å². The number of hydrogen-bond acceptors (Lipinski definition) is 8. The summed E-state index contributed by atoms with van der Waals surface area (Å²) in [5, 5.41) is 23.5. The Kier molecular flexibility index (Phi) is 10.5. The molecule has 15 heteroatoms. The number of nitrogens with zero attached hydrogens (tertiary/aromatic N) is 4. The van der Waals surface area contributed by atoms with E-state index in [-0.39, 0.29) is 64.2 Å². The molecule has 44 heavy (non-hydrogen) atoms. The molecule has 0 saturated carbocycles. The number of hydrogen-bond donors (Lipinski definition) is 4. The fourth-order valence-corrected chi connectivity index (χ4v) is 5.00. The number of imidazole rings is 1. The number of benzene rings is 2. The van der Waals surface area contributed by atoms with Crippen LogP contribution in [0.3, 0.4) is 0 Å². The number of nitrogens with one attached hydrogen (secondary N) is 2. The van der Waals surface area contributed by atoms with Gasteiger partial charge in [0, 0.05) is 50.4 Å². The van der Waals surface area contributed by atoms with Crippen molar-refractivity contribution in [3.05, 3.63) is 64.6 Å². The fourth-order valence-electron chi connectivity index (χ4n) is 4.74. The SMILES string of the molecule is Cn1c(-c2ccc(OCC#N)c(F)c2F)cnc1C(=O)Nc1ccc(C(=O)N2CCC(C(=O)NCC(O)CN)CC2)c(Cl)c1. The van der Waals surface area contributed by atoms with E-state index in [2.05, 4.69) is 15.6 Å². The summed E-state index contributed by atoms with van der Waals surface area (Å²) in [4.78, 5) is 44.1. The summed E-state index contributed by atoms with van der Waals surface area (Å²) >= 11 is 6.41. The van der Waals surface area contributed by atoms with Gasteiger partial charge < -0.3 is 35.7 Å². The average molecular weight is 630 g/mol. The molecule has 1 aromatic heterocycles. The van der Waals surface area contributed by atoms with Crippen LogP contribution in [0.4, 0.5) is 14.5 Å². The number of carbonyl (C=O) groups is 3. The molecule has 232 valence electrons. The number of aliphatic hydroxyl groups excluding tert-OH is 1. The number of aliphatic hydroxyl groups is 1. The Morgan fingerprint density at radius 2 is 1.95 bits per heavy atom. The quantitative estimate of drug-likeness (QED) is 0.264. The minimum Gasteiger partial charge on any atom is -0.476 e. The number of halogens is 3. The van der Waals surface area contributed by atoms with Crippen molar-refractivity contribution in [3.8, 4) is 23.1 Å². The number of likely N-dealkylation sites (tertiary alicyclic amines) is 1. The Morgan fingerprint density at radius 1 is 1.23 bits per heavy atom. The third-order valence-electron chi connectivity index (χ3n) is 7.20. The van der Waals surface area contributed by atoms with E-state index in [1.165, 1.54) is 48.1 Å². The van der Waals surface area contributed by atoms with Gasteiger partial charge in [0.15, 0.2) is 24.0 Å². The average Bonchev–Trinajstić information content (AvgIpc) is 3.41. The van der Waals surface area contributed by atoms with Crippen LogP contribution >= 0.6 is 11.6 Å². The predicted octanol–water partition coefficient (Wildman–Crippen LogP) is 2.46. The standard InChI is InChI=1S/C29H30ClF2N7O5/c1-38-22(20-4-5-23(44-11-8-33)25(32)24(20)31)15-35-26(38)28(42)37-17-2-3-19(21(30)12-17)29(43)39-9-6-16(7-10-39)27(41)36-14-18(40)13-34/h2-5,12,15-16,18,40H,6-7,9-11,13-14,34H2,1H3,(H,36,41)(H,37,42). The highest BCUT2D eigenvalue weighted by molar-refractivity contribution is 6.34. The summed E-state index contributed by atoms with van der Waals surface area (Å²) in [6.07, 6.45) is 1.30. The van der Waals surface area contributed by atoms with Crippen molar-refractivity contribution in [3.63, 3.8) is 0 Å². The van der Waals surface area contributed by atoms with Crippen molar-refractivity contribution < 1.29 is 33.0 Å². The van der Waals surface area contributed by atoms with E-state index in [4.69, 9.17) is 27.3 Å². The maximum Gasteiger partial charge on any atom is 0.291 e. The summed E-state index contributed by atoms with van der Waals surface area (Å²) in [5.41, 5.74) is 5.80. The van der Waals surface area contributed by atoms with Gasteiger partial charge in [-0.15, -0.1) is 0 Å². The number of nitrogens with two attached hydrogens (primary N) is 1. The highest BCUT2D eigenvalue weighted by Gasteiger charge is 2.29. The lowest BCUT2D eigenvalue weighted by Crippen LogP contribution is -2.45. The van der Waals surface area contributed by atoms with E-state index in [1.54, 1.807) is 11.0 Å². The maximum atomic E-state index is 14.8. The Morgan fingerprint density at radius 3 is 2.61 bits per heavy atom. The Labute approximate surface area is 256 Å². The van der Waals surface area contributed by atoms with Gasteiger partial charge in [-0.1, -0.05) is 11.6 Å². The van der Waals surface area contributed by atoms with Crippen LogP contribution in [-0.4, -0.2) is 76.2 Å². The molecule has 0 aliphatic carbocycles. The number of amides is 3. The molecule has 2 aromatic carbocycles. The molecule has 3 aromatic rings. The molecule has 1 aliphatic heterocycles. The number of carbonyl (C=O) groups excluding carboxylic acids is 3. The fraction of sp³-hybridized carbons (Fsp3) is 0.345. The summed E-state index contributed by atoms with van der Waals surface area (Å²) in [5.74, 6) is -4.49. The Hall–Kier alpha value is -4.58. The summed E-state index contributed by atoms with van der Waals surface area (Å²) in [7, 11) is 1.46. The van der Waals surface area contributed by atoms with Crippen molar-refractivity contribution in [1.29, 1.82) is 5.26 Å². The largest absolute Gasteiger partial charge is 0.476 e. The van der Waals surface area contributed by atoms with E-state index >= 15 is 0 Å². The van der Waals surface area contributed by atoms with Gasteiger partial charge in [-0.2, -0.15) is 9.65 Å². The second-order valence-electron chi connectivity index (χ2n) is 10.1. The molecule has 0 bridgehead atoms. The second-order valence-corrected chi connectivity index (χ2v) is 10.5. The summed E-state index contributed by atoms with van der Waals surface area (Å²) < 4.78 is 35.4. The Bertz CT molecular complexity index is 1600. The molecular weight excluding hydrogens is 600 g/mol. The summed E-state index contributed by atoms with van der Waals surface area (Å²) in [6.45, 7) is 0.343. The highest BCUT2D eigenvalue weighted by atomic mass is 35.5. The number of anilines is 1. The molecule has 1 saturated heterocycles. The molecule has 2 heterocycles. The number of nitriles is 1. The van der Waals surface area contributed by atoms with Crippen LogP contribution in [0.25, 0.3) is 11.3 Å². The lowest BCUT2D eigenvalue weighted by atomic mass is 9.95. The Balaban J connectivity index is 1.39. The van der Waals surface area contributed by atoms with Crippen molar-refractivity contribution in [1.82, 2.24) is 19.8 Å². The number of rotatable bonds is 10. The van der Waals surface area contributed by atoms with Gasteiger partial charge in [-0.25, -0.2) is 9.37 Å². The monoisotopic (exact) mass is 629 g/mol. The number of ether oxygens (including phenoxy) is 1. The van der Waals surface area contributed by atoms with Crippen LogP contribution in [0.5, 0.6) is 5.75 Å². The van der Waals surface area contributed by atoms with Crippen molar-refractivity contribution >= 4 is 35.0 Å². The van der Waals surface area contributed by atoms with E-state index in [1.807, 2.05) is 0 Å². The van der Waals surface area contributed by atoms with Gasteiger partial charge in [0.1, 0.15) is 6.07 Å². The van der Waals surface area contributed by atoms with Crippen LogP contribution in [0.1, 0.15) is 33.8 Å². The minimum absolute atomic E-state index is 0.0433. The lowest BCUT2D eigenvalue weighted by molar-refractivity contribution is -0.126. The normalized spacial score (nSPS) is 14.1. The smallest absolute Gasteiger partial charge is 0.291 e. The summed E-state index contributed by atoms with van der Waals surface area (Å²) in [6, 6.07) is 8.50. The number of aromatic nitrogens is 2. The predicted molar refractivity (Wildman–Crippen MR) is 156 cm³/mol. The third-order valence-corrected chi connectivity index (χ3v) is 7.51. The van der Waals surface area contributed by atoms with Gasteiger partial charge in [-0.05, 0) is 43.2 Å². The lowest BCUT2D eigenvalue weighted by Gasteiger charge is -2.31. The van der Waals surface area contributed by atoms with E-state index in [9.17, 15) is 28.3 Å². The maximum absolute atomic E-state index is 14.8. The van der Waals surface area contributed by atoms with Crippen LogP contribution in [-0.2, 0) is 11.8 Å². The molecule has 4 rings (SSSR count). The first-order valence-corrected chi connectivity index (χ1v) is 14.0. The van der Waals surface area contributed by atoms with Crippen molar-refractivity contribution in [2.45, 2.75) is 18.9 Å². The molecule has 1 fully saturated rings. The first-order chi connectivity index (χ1) is 21.0. The zero-order chi connectivity index (χ0) is 32.0. The molecule has 5 N–H and O–H groups in total. The van der Waals surface area contributed by atoms with Crippen LogP contribution < -0.4 is 21.1 Å². The first kappa shape index (κ1) is 32.3. The van der Waals surface area contributed by atoms with Gasteiger partial charge >= 0.3 is 0 Å². The van der Waals surface area contributed by atoms with E-state index in [0.29, 0.717) is 25.9 Å². The van der Waals surface area contributed by atoms with Gasteiger partial charge in [0.25, 0.3) is 11.8 Å². The van der Waals surface area contributed by atoms with Crippen LogP contribution in [0, 0.1) is 28.9 Å². The third kappa shape index (κ3) is 7.13. The van der Waals surface area contributed by atoms with Crippen LogP contribution in [0.15, 0.2) is 36.5 Å². The molecule has 1 unspecified atom stereocenters. The molecule has 1 atom stereocenters. The zero-order valence-corrected chi connectivity index (χ0v) is 24.4. The molecule has 3 amide bonds. The second kappa shape index (κ2) is 14.3. The topological polar surface area (TPSA) is 176 Å². The highest BCUT2D eigenvalue weighted by Crippen LogP contribution is 2.31. The minimum atomic E-state index is -1.27. The molecule has 0 spiro atoms. The van der Waals surface area contributed by atoms with Crippen LogP contribution in [0.2, 0.25) is 5.02 Å². The van der Waals surface area contributed by atoms with Gasteiger partial charge in [0.2, 0.25) is 11.7 Å². The molecule has 0 radical (unpaired) electrons. The van der Waals surface area contributed by atoms with Gasteiger partial charge in [0.05, 0.1) is 28.6 Å².